The first-order valence-electron chi connectivity index (χ1n) is 5.07. The molecule has 0 aliphatic carbocycles. The van der Waals surface area contributed by atoms with E-state index in [-0.39, 0.29) is 0 Å². The molecule has 1 N–H and O–H groups in total. The van der Waals surface area contributed by atoms with Gasteiger partial charge in [-0.2, -0.15) is 0 Å². The van der Waals surface area contributed by atoms with Crippen molar-refractivity contribution in [1.82, 2.24) is 14.9 Å². The first kappa shape index (κ1) is 8.75. The summed E-state index contributed by atoms with van der Waals surface area (Å²) in [5.41, 5.74) is 1.32. The predicted octanol–water partition coefficient (Wildman–Crippen LogP) is 1.62. The normalized spacial score (nSPS) is 24.2. The van der Waals surface area contributed by atoms with E-state index in [1.54, 1.807) is 0 Å². The SMILES string of the molecule is Cn1cncc1C1CCCCCN1. The maximum absolute atomic E-state index is 4.15. The van der Waals surface area contributed by atoms with Crippen LogP contribution in [-0.2, 0) is 7.05 Å². The van der Waals surface area contributed by atoms with Crippen molar-refractivity contribution >= 4 is 0 Å². The lowest BCUT2D eigenvalue weighted by Crippen LogP contribution is -2.22. The number of rotatable bonds is 1. The van der Waals surface area contributed by atoms with E-state index in [0.29, 0.717) is 6.04 Å². The first-order valence-corrected chi connectivity index (χ1v) is 5.07. The Morgan fingerprint density at radius 2 is 2.38 bits per heavy atom. The van der Waals surface area contributed by atoms with Gasteiger partial charge in [-0.3, -0.25) is 0 Å². The number of nitrogens with one attached hydrogen (secondary N) is 1. The summed E-state index contributed by atoms with van der Waals surface area (Å²) in [6, 6.07) is 0.523. The number of hydrogen-bond donors (Lipinski definition) is 1. The van der Waals surface area contributed by atoms with E-state index in [9.17, 15) is 0 Å². The van der Waals surface area contributed by atoms with Gasteiger partial charge in [0.05, 0.1) is 12.0 Å². The zero-order valence-corrected chi connectivity index (χ0v) is 8.16. The van der Waals surface area contributed by atoms with E-state index in [2.05, 4.69) is 21.9 Å². The molecule has 0 spiro atoms. The standard InChI is InChI=1S/C10H17N3/c1-13-8-11-7-10(13)9-5-3-2-4-6-12-9/h7-9,12H,2-6H2,1H3. The average Bonchev–Trinajstić information content (AvgIpc) is 2.43. The first-order chi connectivity index (χ1) is 6.38. The Labute approximate surface area is 79.2 Å². The molecule has 1 unspecified atom stereocenters. The Balaban J connectivity index is 2.10. The highest BCUT2D eigenvalue weighted by Crippen LogP contribution is 2.21. The Morgan fingerprint density at radius 3 is 3.15 bits per heavy atom. The molecule has 2 heterocycles. The minimum atomic E-state index is 0.523. The largest absolute Gasteiger partial charge is 0.336 e. The van der Waals surface area contributed by atoms with Gasteiger partial charge in [0.1, 0.15) is 0 Å². The van der Waals surface area contributed by atoms with Crippen molar-refractivity contribution in [3.63, 3.8) is 0 Å². The zero-order chi connectivity index (χ0) is 9.10. The summed E-state index contributed by atoms with van der Waals surface area (Å²) in [5, 5.41) is 3.56. The molecule has 3 nitrogen and oxygen atoms in total. The maximum Gasteiger partial charge on any atom is 0.0946 e. The average molecular weight is 179 g/mol. The Morgan fingerprint density at radius 1 is 1.46 bits per heavy atom. The highest BCUT2D eigenvalue weighted by molar-refractivity contribution is 5.05. The summed E-state index contributed by atoms with van der Waals surface area (Å²) in [6.07, 6.45) is 9.11. The van der Waals surface area contributed by atoms with Gasteiger partial charge in [-0.15, -0.1) is 0 Å². The van der Waals surface area contributed by atoms with Crippen LogP contribution in [0.4, 0.5) is 0 Å². The number of hydrogen-bond acceptors (Lipinski definition) is 2. The highest BCUT2D eigenvalue weighted by Gasteiger charge is 2.15. The van der Waals surface area contributed by atoms with Crippen LogP contribution in [0.15, 0.2) is 12.5 Å². The van der Waals surface area contributed by atoms with E-state index < -0.39 is 0 Å². The Bertz CT molecular complexity index is 259. The third-order valence-corrected chi connectivity index (χ3v) is 2.77. The molecule has 3 heteroatoms. The fourth-order valence-corrected chi connectivity index (χ4v) is 1.98. The van der Waals surface area contributed by atoms with Gasteiger partial charge >= 0.3 is 0 Å². The molecule has 1 fully saturated rings. The van der Waals surface area contributed by atoms with Gasteiger partial charge in [0.25, 0.3) is 0 Å². The number of nitrogens with zero attached hydrogens (tertiary/aromatic N) is 2. The van der Waals surface area contributed by atoms with E-state index >= 15 is 0 Å². The van der Waals surface area contributed by atoms with E-state index in [1.165, 1.54) is 31.4 Å². The fraction of sp³-hybridized carbons (Fsp3) is 0.700. The molecule has 0 bridgehead atoms. The third-order valence-electron chi connectivity index (χ3n) is 2.77. The molecule has 72 valence electrons. The second-order valence-electron chi connectivity index (χ2n) is 3.79. The Kier molecular flexibility index (Phi) is 2.64. The van der Waals surface area contributed by atoms with Crippen LogP contribution in [0, 0.1) is 0 Å². The molecule has 0 radical (unpaired) electrons. The van der Waals surface area contributed by atoms with E-state index in [1.807, 2.05) is 12.5 Å². The van der Waals surface area contributed by atoms with Gasteiger partial charge < -0.3 is 9.88 Å². The van der Waals surface area contributed by atoms with Crippen molar-refractivity contribution in [2.75, 3.05) is 6.54 Å². The fourth-order valence-electron chi connectivity index (χ4n) is 1.98. The predicted molar refractivity (Wildman–Crippen MR) is 52.4 cm³/mol. The third kappa shape index (κ3) is 1.91. The molecule has 1 aromatic rings. The molecule has 13 heavy (non-hydrogen) atoms. The smallest absolute Gasteiger partial charge is 0.0946 e. The van der Waals surface area contributed by atoms with Crippen molar-refractivity contribution < 1.29 is 0 Å². The van der Waals surface area contributed by atoms with E-state index in [0.717, 1.165) is 6.54 Å². The van der Waals surface area contributed by atoms with Gasteiger partial charge in [-0.05, 0) is 19.4 Å². The van der Waals surface area contributed by atoms with Crippen molar-refractivity contribution in [2.45, 2.75) is 31.7 Å². The highest BCUT2D eigenvalue weighted by atomic mass is 15.1. The zero-order valence-electron chi connectivity index (χ0n) is 8.16. The van der Waals surface area contributed by atoms with Crippen LogP contribution >= 0.6 is 0 Å². The molecule has 1 atom stereocenters. The lowest BCUT2D eigenvalue weighted by atomic mass is 10.1. The molecule has 1 aliphatic rings. The lowest BCUT2D eigenvalue weighted by Gasteiger charge is -2.15. The Hall–Kier alpha value is -0.830. The summed E-state index contributed by atoms with van der Waals surface area (Å²) < 4.78 is 2.11. The minimum Gasteiger partial charge on any atom is -0.336 e. The minimum absolute atomic E-state index is 0.523. The topological polar surface area (TPSA) is 29.9 Å². The number of imidazole rings is 1. The molecule has 1 aromatic heterocycles. The molecule has 0 saturated carbocycles. The van der Waals surface area contributed by atoms with Crippen LogP contribution in [-0.4, -0.2) is 16.1 Å². The molecular weight excluding hydrogens is 162 g/mol. The van der Waals surface area contributed by atoms with Crippen molar-refractivity contribution in [3.05, 3.63) is 18.2 Å². The van der Waals surface area contributed by atoms with Crippen LogP contribution in [0.3, 0.4) is 0 Å². The molecule has 1 saturated heterocycles. The van der Waals surface area contributed by atoms with E-state index in [4.69, 9.17) is 0 Å². The number of aromatic nitrogens is 2. The van der Waals surface area contributed by atoms with Gasteiger partial charge in [0.15, 0.2) is 0 Å². The van der Waals surface area contributed by atoms with Crippen LogP contribution in [0.5, 0.6) is 0 Å². The summed E-state index contributed by atoms with van der Waals surface area (Å²) in [6.45, 7) is 1.15. The summed E-state index contributed by atoms with van der Waals surface area (Å²) in [5.74, 6) is 0. The summed E-state index contributed by atoms with van der Waals surface area (Å²) in [4.78, 5) is 4.15. The molecular formula is C10H17N3. The molecule has 0 amide bonds. The van der Waals surface area contributed by atoms with Gasteiger partial charge in [-0.25, -0.2) is 4.98 Å². The summed E-state index contributed by atoms with van der Waals surface area (Å²) >= 11 is 0. The van der Waals surface area contributed by atoms with Crippen molar-refractivity contribution in [3.8, 4) is 0 Å². The second-order valence-corrected chi connectivity index (χ2v) is 3.79. The quantitative estimate of drug-likeness (QED) is 0.710. The maximum atomic E-state index is 4.15. The van der Waals surface area contributed by atoms with Crippen molar-refractivity contribution in [2.24, 2.45) is 7.05 Å². The molecule has 2 rings (SSSR count). The van der Waals surface area contributed by atoms with Crippen LogP contribution in [0.2, 0.25) is 0 Å². The second kappa shape index (κ2) is 3.92. The van der Waals surface area contributed by atoms with Gasteiger partial charge in [-0.1, -0.05) is 12.8 Å². The number of aryl methyl sites for hydroxylation is 1. The van der Waals surface area contributed by atoms with Crippen LogP contribution in [0.25, 0.3) is 0 Å². The molecule has 0 aromatic carbocycles. The van der Waals surface area contributed by atoms with Crippen LogP contribution < -0.4 is 5.32 Å². The lowest BCUT2D eigenvalue weighted by molar-refractivity contribution is 0.507. The monoisotopic (exact) mass is 179 g/mol. The van der Waals surface area contributed by atoms with Gasteiger partial charge in [0, 0.05) is 19.3 Å². The van der Waals surface area contributed by atoms with Crippen molar-refractivity contribution in [1.29, 1.82) is 0 Å². The van der Waals surface area contributed by atoms with Crippen LogP contribution in [0.1, 0.15) is 37.4 Å². The summed E-state index contributed by atoms with van der Waals surface area (Å²) in [7, 11) is 2.06. The molecule has 1 aliphatic heterocycles. The van der Waals surface area contributed by atoms with Gasteiger partial charge in [0.2, 0.25) is 0 Å².